The molecule has 1 aliphatic heterocycles. The van der Waals surface area contributed by atoms with Crippen LogP contribution < -0.4 is 5.31 Å². The minimum Gasteiger partial charge on any atom is -0.316 e. The van der Waals surface area contributed by atoms with Gasteiger partial charge in [0.1, 0.15) is 1.41 Å². The predicted octanol–water partition coefficient (Wildman–Crippen LogP) is 1.25. The first-order valence-corrected chi connectivity index (χ1v) is 3.20. The molecule has 1 aliphatic rings. The normalized spacial score (nSPS) is 31.4. The summed E-state index contributed by atoms with van der Waals surface area (Å²) in [6.07, 6.45) is -1.47. The average Bonchev–Trinajstić information content (AvgIpc) is 2.13. The molecule has 0 spiro atoms. The van der Waals surface area contributed by atoms with Crippen molar-refractivity contribution >= 4 is 0 Å². The Morgan fingerprint density at radius 2 is 2.56 bits per heavy atom. The molecule has 0 aromatic carbocycles. The third kappa shape index (κ3) is 2.26. The van der Waals surface area contributed by atoms with Crippen molar-refractivity contribution in [1.82, 2.24) is 5.31 Å². The second-order valence-electron chi connectivity index (χ2n) is 2.41. The summed E-state index contributed by atoms with van der Waals surface area (Å²) >= 11 is 0. The van der Waals surface area contributed by atoms with Crippen LogP contribution in [-0.2, 0) is 0 Å². The Balaban J connectivity index is 2.18. The fourth-order valence-electron chi connectivity index (χ4n) is 1.08. The highest BCUT2D eigenvalue weighted by Crippen LogP contribution is 2.16. The van der Waals surface area contributed by atoms with Gasteiger partial charge in [-0.05, 0) is 25.4 Å². The monoisotopic (exact) mass is 136 g/mol. The molecular formula is C6H11F2N. The van der Waals surface area contributed by atoms with Crippen LogP contribution in [0.1, 0.15) is 12.8 Å². The van der Waals surface area contributed by atoms with Crippen molar-refractivity contribution in [3.63, 3.8) is 0 Å². The highest BCUT2D eigenvalue weighted by Gasteiger charge is 2.18. The summed E-state index contributed by atoms with van der Waals surface area (Å²) in [6.45, 7) is 1.17. The molecule has 9 heavy (non-hydrogen) atoms. The van der Waals surface area contributed by atoms with E-state index in [2.05, 4.69) is 0 Å². The second-order valence-corrected chi connectivity index (χ2v) is 2.41. The van der Waals surface area contributed by atoms with Crippen LogP contribution in [-0.4, -0.2) is 19.5 Å². The summed E-state index contributed by atoms with van der Waals surface area (Å²) in [5.74, 6) is 0.0532. The molecule has 1 N–H and O–H groups in total. The summed E-state index contributed by atoms with van der Waals surface area (Å²) in [4.78, 5) is 0. The molecule has 0 radical (unpaired) electrons. The van der Waals surface area contributed by atoms with Gasteiger partial charge in [-0.1, -0.05) is 0 Å². The lowest BCUT2D eigenvalue weighted by Crippen LogP contribution is -2.11. The van der Waals surface area contributed by atoms with Gasteiger partial charge in [-0.2, -0.15) is 0 Å². The molecule has 1 rings (SSSR count). The lowest BCUT2D eigenvalue weighted by atomic mass is 10.1. The Labute approximate surface area is 54.9 Å². The highest BCUT2D eigenvalue weighted by molar-refractivity contribution is 4.71. The Bertz CT molecular complexity index is 110. The first-order chi connectivity index (χ1) is 4.68. The summed E-state index contributed by atoms with van der Waals surface area (Å²) in [5, 5.41) is 1.35. The van der Waals surface area contributed by atoms with Gasteiger partial charge in [-0.3, -0.25) is 0 Å². The van der Waals surface area contributed by atoms with E-state index in [-0.39, 0.29) is 12.3 Å². The van der Waals surface area contributed by atoms with Crippen molar-refractivity contribution in [3.8, 4) is 0 Å². The van der Waals surface area contributed by atoms with E-state index in [1.54, 1.807) is 0 Å². The molecule has 0 bridgehead atoms. The van der Waals surface area contributed by atoms with Crippen LogP contribution in [0.3, 0.4) is 0 Å². The highest BCUT2D eigenvalue weighted by atomic mass is 19.3. The number of hydrogen-bond donors (Lipinski definition) is 1. The zero-order valence-electron chi connectivity index (χ0n) is 6.19. The van der Waals surface area contributed by atoms with Crippen molar-refractivity contribution in [2.24, 2.45) is 5.92 Å². The third-order valence-corrected chi connectivity index (χ3v) is 1.59. The summed E-state index contributed by atoms with van der Waals surface area (Å²) in [6, 6.07) is 0. The van der Waals surface area contributed by atoms with Crippen LogP contribution in [0.15, 0.2) is 0 Å². The molecule has 0 aromatic heterocycles. The largest absolute Gasteiger partial charge is 0.316 e. The van der Waals surface area contributed by atoms with Gasteiger partial charge in [0.05, 0.1) is 0 Å². The summed E-state index contributed by atoms with van der Waals surface area (Å²) in [5.41, 5.74) is 0. The van der Waals surface area contributed by atoms with Crippen LogP contribution in [0.4, 0.5) is 8.78 Å². The van der Waals surface area contributed by atoms with Crippen LogP contribution >= 0.6 is 0 Å². The van der Waals surface area contributed by atoms with Crippen LogP contribution in [0.25, 0.3) is 0 Å². The Morgan fingerprint density at radius 3 is 3.00 bits per heavy atom. The van der Waals surface area contributed by atoms with Gasteiger partial charge < -0.3 is 5.31 Å². The molecule has 1 heterocycles. The SMILES string of the molecule is [2H]N1CC[C@@H](CC(F)F)C1. The van der Waals surface area contributed by atoms with Gasteiger partial charge in [-0.25, -0.2) is 8.78 Å². The van der Waals surface area contributed by atoms with Crippen molar-refractivity contribution in [2.45, 2.75) is 19.3 Å². The molecule has 3 heteroatoms. The van der Waals surface area contributed by atoms with Crippen LogP contribution in [0.5, 0.6) is 0 Å². The molecule has 1 fully saturated rings. The van der Waals surface area contributed by atoms with E-state index in [0.717, 1.165) is 6.42 Å². The minimum atomic E-state index is -2.20. The topological polar surface area (TPSA) is 12.0 Å². The van der Waals surface area contributed by atoms with Gasteiger partial charge in [0, 0.05) is 6.42 Å². The van der Waals surface area contributed by atoms with Crippen LogP contribution in [0.2, 0.25) is 1.41 Å². The van der Waals surface area contributed by atoms with Crippen LogP contribution in [0, 0.1) is 5.92 Å². The quantitative estimate of drug-likeness (QED) is 0.602. The van der Waals surface area contributed by atoms with Gasteiger partial charge in [0.2, 0.25) is 6.43 Å². The summed E-state index contributed by atoms with van der Waals surface area (Å²) < 4.78 is 30.6. The molecule has 1 nitrogen and oxygen atoms in total. The van der Waals surface area contributed by atoms with E-state index in [1.165, 1.54) is 5.31 Å². The standard InChI is InChI=1S/C6H11F2N/c7-6(8)3-5-1-2-9-4-5/h5-6,9H,1-4H2/t5-/m0/s1/i/hD. The molecule has 0 aromatic rings. The average molecular weight is 136 g/mol. The van der Waals surface area contributed by atoms with E-state index in [4.69, 9.17) is 1.41 Å². The number of hydrogen-bond acceptors (Lipinski definition) is 1. The maximum atomic E-state index is 11.7. The van der Waals surface area contributed by atoms with E-state index >= 15 is 0 Å². The third-order valence-electron chi connectivity index (χ3n) is 1.59. The molecule has 0 aliphatic carbocycles. The number of halogens is 2. The Morgan fingerprint density at radius 1 is 1.78 bits per heavy atom. The Kier molecular flexibility index (Phi) is 1.93. The van der Waals surface area contributed by atoms with Crippen molar-refractivity contribution in [1.29, 1.82) is 0 Å². The van der Waals surface area contributed by atoms with E-state index in [0.29, 0.717) is 13.1 Å². The van der Waals surface area contributed by atoms with Crippen molar-refractivity contribution < 1.29 is 10.2 Å². The van der Waals surface area contributed by atoms with E-state index in [1.807, 2.05) is 0 Å². The lowest BCUT2D eigenvalue weighted by Gasteiger charge is -2.04. The van der Waals surface area contributed by atoms with Crippen molar-refractivity contribution in [2.75, 3.05) is 13.1 Å². The smallest absolute Gasteiger partial charge is 0.238 e. The predicted molar refractivity (Wildman–Crippen MR) is 31.6 cm³/mol. The number of rotatable bonds is 2. The molecule has 0 unspecified atom stereocenters. The molecule has 1 atom stereocenters. The number of alkyl halides is 2. The van der Waals surface area contributed by atoms with Crippen molar-refractivity contribution in [3.05, 3.63) is 0 Å². The van der Waals surface area contributed by atoms with Gasteiger partial charge in [0.25, 0.3) is 0 Å². The van der Waals surface area contributed by atoms with E-state index in [9.17, 15) is 8.78 Å². The van der Waals surface area contributed by atoms with E-state index < -0.39 is 6.43 Å². The maximum Gasteiger partial charge on any atom is 0.238 e. The molecule has 1 saturated heterocycles. The fraction of sp³-hybridized carbons (Fsp3) is 1.00. The zero-order chi connectivity index (χ0) is 7.56. The number of nitrogens with one attached hydrogen (secondary N) is 1. The lowest BCUT2D eigenvalue weighted by molar-refractivity contribution is 0.118. The van der Waals surface area contributed by atoms with Gasteiger partial charge >= 0.3 is 0 Å². The van der Waals surface area contributed by atoms with Gasteiger partial charge in [-0.15, -0.1) is 0 Å². The molecule has 0 saturated carbocycles. The molecule has 54 valence electrons. The first-order valence-electron chi connectivity index (χ1n) is 3.65. The second kappa shape index (κ2) is 3.11. The van der Waals surface area contributed by atoms with Gasteiger partial charge in [0.15, 0.2) is 0 Å². The summed E-state index contributed by atoms with van der Waals surface area (Å²) in [7, 11) is 0. The molecular weight excluding hydrogens is 124 g/mol. The maximum absolute atomic E-state index is 11.7. The molecule has 0 amide bonds. The zero-order valence-corrected chi connectivity index (χ0v) is 5.19. The first kappa shape index (κ1) is 5.59. The Hall–Kier alpha value is -0.180. The minimum absolute atomic E-state index is 0.0324. The fourth-order valence-corrected chi connectivity index (χ4v) is 1.08.